The second-order valence-electron chi connectivity index (χ2n) is 5.75. The lowest BCUT2D eigenvalue weighted by molar-refractivity contribution is -0.123. The van der Waals surface area contributed by atoms with Gasteiger partial charge in [0.15, 0.2) is 0 Å². The van der Waals surface area contributed by atoms with E-state index >= 15 is 0 Å². The van der Waals surface area contributed by atoms with Crippen LogP contribution in [0.15, 0.2) is 42.6 Å². The van der Waals surface area contributed by atoms with Gasteiger partial charge in [0.2, 0.25) is 5.91 Å². The number of benzene rings is 1. The highest BCUT2D eigenvalue weighted by atomic mass is 35.5. The Bertz CT molecular complexity index is 779. The van der Waals surface area contributed by atoms with Crippen LogP contribution in [0.25, 0.3) is 0 Å². The maximum Gasteiger partial charge on any atom is 0.271 e. The Morgan fingerprint density at radius 2 is 1.96 bits per heavy atom. The third-order valence-electron chi connectivity index (χ3n) is 3.75. The van der Waals surface area contributed by atoms with Gasteiger partial charge >= 0.3 is 0 Å². The number of carbonyl (C=O) groups is 2. The van der Waals surface area contributed by atoms with Crippen molar-refractivity contribution in [3.8, 4) is 0 Å². The number of aromatic nitrogens is 1. The fraction of sp³-hybridized carbons (Fsp3) is 0.235. The third-order valence-corrected chi connectivity index (χ3v) is 3.99. The molecule has 0 spiro atoms. The second-order valence-corrected chi connectivity index (χ2v) is 6.18. The Morgan fingerprint density at radius 1 is 1.25 bits per heavy atom. The van der Waals surface area contributed by atoms with Crippen LogP contribution in [0.1, 0.15) is 23.0 Å². The third kappa shape index (κ3) is 3.65. The fourth-order valence-corrected chi connectivity index (χ4v) is 2.38. The lowest BCUT2D eigenvalue weighted by atomic mass is 9.91. The Hall–Kier alpha value is -2.60. The Labute approximate surface area is 145 Å². The summed E-state index contributed by atoms with van der Waals surface area (Å²) in [5, 5.41) is 3.11. The van der Waals surface area contributed by atoms with Crippen LogP contribution in [0.2, 0.25) is 5.02 Å². The first-order chi connectivity index (χ1) is 11.2. The molecule has 1 aromatic heterocycles. The fourth-order valence-electron chi connectivity index (χ4n) is 2.19. The first-order valence-electron chi connectivity index (χ1n) is 7.26. The van der Waals surface area contributed by atoms with Gasteiger partial charge in [-0.3, -0.25) is 14.6 Å². The highest BCUT2D eigenvalue weighted by Crippen LogP contribution is 2.24. The van der Waals surface area contributed by atoms with Crippen LogP contribution >= 0.6 is 11.6 Å². The average molecular weight is 347 g/mol. The zero-order valence-corrected chi connectivity index (χ0v) is 14.5. The minimum Gasteiger partial charge on any atom is -0.378 e. The normalized spacial score (nSPS) is 13.0. The van der Waals surface area contributed by atoms with E-state index in [1.165, 1.54) is 13.1 Å². The molecule has 0 aliphatic rings. The van der Waals surface area contributed by atoms with E-state index in [0.29, 0.717) is 10.6 Å². The summed E-state index contributed by atoms with van der Waals surface area (Å²) in [5.41, 5.74) is 5.64. The maximum atomic E-state index is 12.6. The molecule has 24 heavy (non-hydrogen) atoms. The van der Waals surface area contributed by atoms with Gasteiger partial charge in [-0.2, -0.15) is 0 Å². The summed E-state index contributed by atoms with van der Waals surface area (Å²) >= 11 is 5.98. The molecule has 7 heteroatoms. The molecule has 0 aliphatic heterocycles. The molecule has 1 unspecified atom stereocenters. The van der Waals surface area contributed by atoms with Gasteiger partial charge in [-0.15, -0.1) is 0 Å². The van der Waals surface area contributed by atoms with Gasteiger partial charge in [-0.05, 0) is 36.8 Å². The second kappa shape index (κ2) is 6.88. The number of amides is 2. The van der Waals surface area contributed by atoms with Gasteiger partial charge in [0.1, 0.15) is 11.2 Å². The molecule has 0 fully saturated rings. The molecule has 2 amide bonds. The van der Waals surface area contributed by atoms with Crippen molar-refractivity contribution < 1.29 is 9.59 Å². The predicted octanol–water partition coefficient (Wildman–Crippen LogP) is 1.93. The standard InChI is InChI=1S/C17H19ClN4O2/c1-17(16(19)24,11-5-4-6-12(18)9-11)21-15(23)14-10-13(22(2)3)7-8-20-14/h4-10H,1-3H3,(H2,19,24)(H,21,23). The molecule has 3 N–H and O–H groups in total. The number of halogens is 1. The summed E-state index contributed by atoms with van der Waals surface area (Å²) in [6.45, 7) is 1.54. The van der Waals surface area contributed by atoms with Crippen molar-refractivity contribution >= 4 is 29.1 Å². The van der Waals surface area contributed by atoms with Crippen LogP contribution < -0.4 is 16.0 Å². The number of carbonyl (C=O) groups excluding carboxylic acids is 2. The average Bonchev–Trinajstić information content (AvgIpc) is 2.54. The zero-order valence-electron chi connectivity index (χ0n) is 13.7. The molecule has 0 radical (unpaired) electrons. The lowest BCUT2D eigenvalue weighted by Crippen LogP contribution is -2.52. The molecular formula is C17H19ClN4O2. The van der Waals surface area contributed by atoms with Crippen molar-refractivity contribution in [1.82, 2.24) is 10.3 Å². The molecule has 1 aromatic carbocycles. The van der Waals surface area contributed by atoms with Crippen LogP contribution in [0.4, 0.5) is 5.69 Å². The predicted molar refractivity (Wildman–Crippen MR) is 94.0 cm³/mol. The van der Waals surface area contributed by atoms with Crippen molar-refractivity contribution in [3.63, 3.8) is 0 Å². The molecule has 6 nitrogen and oxygen atoms in total. The van der Waals surface area contributed by atoms with Crippen molar-refractivity contribution in [1.29, 1.82) is 0 Å². The number of rotatable bonds is 5. The summed E-state index contributed by atoms with van der Waals surface area (Å²) in [5.74, 6) is -1.19. The molecule has 2 rings (SSSR count). The van der Waals surface area contributed by atoms with Crippen LogP contribution in [0.5, 0.6) is 0 Å². The smallest absolute Gasteiger partial charge is 0.271 e. The van der Waals surface area contributed by atoms with Gasteiger partial charge in [-0.1, -0.05) is 23.7 Å². The van der Waals surface area contributed by atoms with Crippen LogP contribution in [0, 0.1) is 0 Å². The molecule has 126 valence electrons. The Balaban J connectivity index is 2.36. The molecule has 0 aliphatic carbocycles. The molecule has 0 saturated heterocycles. The number of nitrogens with one attached hydrogen (secondary N) is 1. The van der Waals surface area contributed by atoms with Gasteiger partial charge in [0, 0.05) is 31.0 Å². The van der Waals surface area contributed by atoms with Gasteiger partial charge < -0.3 is 16.0 Å². The van der Waals surface area contributed by atoms with E-state index in [2.05, 4.69) is 10.3 Å². The molecule has 1 atom stereocenters. The number of hydrogen-bond donors (Lipinski definition) is 2. The summed E-state index contributed by atoms with van der Waals surface area (Å²) in [4.78, 5) is 30.5. The van der Waals surface area contributed by atoms with E-state index in [1.807, 2.05) is 19.0 Å². The van der Waals surface area contributed by atoms with E-state index in [4.69, 9.17) is 17.3 Å². The van der Waals surface area contributed by atoms with E-state index in [0.717, 1.165) is 5.69 Å². The minimum atomic E-state index is -1.40. The molecule has 0 bridgehead atoms. The van der Waals surface area contributed by atoms with Crippen LogP contribution in [-0.4, -0.2) is 30.9 Å². The summed E-state index contributed by atoms with van der Waals surface area (Å²) in [7, 11) is 3.72. The van der Waals surface area contributed by atoms with E-state index in [1.54, 1.807) is 36.4 Å². The Morgan fingerprint density at radius 3 is 2.54 bits per heavy atom. The Kier molecular flexibility index (Phi) is 5.09. The number of anilines is 1. The first-order valence-corrected chi connectivity index (χ1v) is 7.63. The number of nitrogens with zero attached hydrogens (tertiary/aromatic N) is 2. The highest BCUT2D eigenvalue weighted by molar-refractivity contribution is 6.30. The number of pyridine rings is 1. The summed E-state index contributed by atoms with van der Waals surface area (Å²) < 4.78 is 0. The molecule has 2 aromatic rings. The van der Waals surface area contributed by atoms with Gasteiger partial charge in [-0.25, -0.2) is 0 Å². The summed E-state index contributed by atoms with van der Waals surface area (Å²) in [6, 6.07) is 10.1. The van der Waals surface area contributed by atoms with Crippen LogP contribution in [-0.2, 0) is 10.3 Å². The minimum absolute atomic E-state index is 0.190. The van der Waals surface area contributed by atoms with Crippen molar-refractivity contribution in [3.05, 3.63) is 58.9 Å². The monoisotopic (exact) mass is 346 g/mol. The molecule has 1 heterocycles. The topological polar surface area (TPSA) is 88.3 Å². The van der Waals surface area contributed by atoms with Crippen molar-refractivity contribution in [2.75, 3.05) is 19.0 Å². The van der Waals surface area contributed by atoms with Crippen molar-refractivity contribution in [2.24, 2.45) is 5.73 Å². The van der Waals surface area contributed by atoms with Gasteiger partial charge in [0.05, 0.1) is 0 Å². The highest BCUT2D eigenvalue weighted by Gasteiger charge is 2.35. The zero-order chi connectivity index (χ0) is 17.9. The SMILES string of the molecule is CN(C)c1ccnc(C(=O)NC(C)(C(N)=O)c2cccc(Cl)c2)c1. The van der Waals surface area contributed by atoms with E-state index in [-0.39, 0.29) is 5.69 Å². The maximum absolute atomic E-state index is 12.6. The molecular weight excluding hydrogens is 328 g/mol. The number of hydrogen-bond acceptors (Lipinski definition) is 4. The first kappa shape index (κ1) is 17.7. The molecule has 0 saturated carbocycles. The number of nitrogens with two attached hydrogens (primary N) is 1. The number of primary amides is 1. The van der Waals surface area contributed by atoms with Gasteiger partial charge in [0.25, 0.3) is 5.91 Å². The largest absolute Gasteiger partial charge is 0.378 e. The van der Waals surface area contributed by atoms with E-state index < -0.39 is 17.4 Å². The van der Waals surface area contributed by atoms with Crippen molar-refractivity contribution in [2.45, 2.75) is 12.5 Å². The van der Waals surface area contributed by atoms with Crippen LogP contribution in [0.3, 0.4) is 0 Å². The quantitative estimate of drug-likeness (QED) is 0.865. The lowest BCUT2D eigenvalue weighted by Gasteiger charge is -2.28. The summed E-state index contributed by atoms with van der Waals surface area (Å²) in [6.07, 6.45) is 1.53. The van der Waals surface area contributed by atoms with E-state index in [9.17, 15) is 9.59 Å².